The summed E-state index contributed by atoms with van der Waals surface area (Å²) in [5, 5.41) is 10.9. The molecule has 90 valence electrons. The summed E-state index contributed by atoms with van der Waals surface area (Å²) in [7, 11) is 3.50. The number of methoxy groups -OCH3 is 1. The minimum absolute atomic E-state index is 0.577. The number of rotatable bonds is 5. The summed E-state index contributed by atoms with van der Waals surface area (Å²) >= 11 is 0. The second-order valence-corrected chi connectivity index (χ2v) is 3.48. The second kappa shape index (κ2) is 5.24. The lowest BCUT2D eigenvalue weighted by Gasteiger charge is -2.04. The van der Waals surface area contributed by atoms with Crippen LogP contribution in [0.3, 0.4) is 0 Å². The summed E-state index contributed by atoms with van der Waals surface area (Å²) in [5.74, 6) is 2.14. The highest BCUT2D eigenvalue weighted by Crippen LogP contribution is 2.06. The van der Waals surface area contributed by atoms with Crippen LogP contribution in [0.2, 0.25) is 0 Å². The van der Waals surface area contributed by atoms with Crippen molar-refractivity contribution in [3.8, 4) is 5.75 Å². The van der Waals surface area contributed by atoms with E-state index in [4.69, 9.17) is 4.74 Å². The summed E-state index contributed by atoms with van der Waals surface area (Å²) in [6.45, 7) is 0.707. The van der Waals surface area contributed by atoms with Crippen molar-refractivity contribution in [1.82, 2.24) is 24.7 Å². The van der Waals surface area contributed by atoms with Crippen molar-refractivity contribution in [1.29, 1.82) is 0 Å². The highest BCUT2D eigenvalue weighted by molar-refractivity contribution is 5.26. The maximum absolute atomic E-state index is 4.97. The molecule has 0 spiro atoms. The third-order valence-electron chi connectivity index (χ3n) is 2.30. The molecule has 7 heteroatoms. The number of aromatic nitrogens is 5. The molecular formula is C10H14N6O. The summed E-state index contributed by atoms with van der Waals surface area (Å²) in [6, 6.07) is 0. The first-order chi connectivity index (χ1) is 8.29. The first kappa shape index (κ1) is 11.3. The number of hydrogen-bond acceptors (Lipinski definition) is 6. The zero-order chi connectivity index (χ0) is 12.1. The Hall–Kier alpha value is -2.18. The maximum atomic E-state index is 4.97. The molecule has 0 aromatic carbocycles. The first-order valence-corrected chi connectivity index (χ1v) is 5.22. The van der Waals surface area contributed by atoms with Crippen molar-refractivity contribution in [2.24, 2.45) is 7.05 Å². The molecule has 0 bridgehead atoms. The largest absolute Gasteiger partial charge is 0.494 e. The van der Waals surface area contributed by atoms with Gasteiger partial charge in [0.25, 0.3) is 0 Å². The number of hydrogen-bond donors (Lipinski definition) is 1. The van der Waals surface area contributed by atoms with Crippen LogP contribution in [0.1, 0.15) is 5.82 Å². The molecule has 1 N–H and O–H groups in total. The van der Waals surface area contributed by atoms with Crippen LogP contribution in [0, 0.1) is 0 Å². The molecule has 0 aliphatic rings. The SMILES string of the molecule is COc1cnc(NCCc2nncn2C)nc1. The molecule has 0 saturated heterocycles. The van der Waals surface area contributed by atoms with Gasteiger partial charge in [-0.2, -0.15) is 0 Å². The third kappa shape index (κ3) is 2.90. The van der Waals surface area contributed by atoms with Crippen LogP contribution in [-0.4, -0.2) is 38.4 Å². The zero-order valence-corrected chi connectivity index (χ0v) is 9.79. The number of anilines is 1. The molecule has 0 saturated carbocycles. The Labute approximate surface area is 98.9 Å². The van der Waals surface area contributed by atoms with Gasteiger partial charge in [0, 0.05) is 20.0 Å². The Kier molecular flexibility index (Phi) is 3.49. The van der Waals surface area contributed by atoms with Crippen LogP contribution in [0.25, 0.3) is 0 Å². The summed E-state index contributed by atoms with van der Waals surface area (Å²) in [6.07, 6.45) is 5.69. The normalized spacial score (nSPS) is 10.2. The van der Waals surface area contributed by atoms with Crippen molar-refractivity contribution < 1.29 is 4.74 Å². The Morgan fingerprint density at radius 3 is 2.71 bits per heavy atom. The van der Waals surface area contributed by atoms with Gasteiger partial charge >= 0.3 is 0 Å². The molecule has 17 heavy (non-hydrogen) atoms. The van der Waals surface area contributed by atoms with Gasteiger partial charge in [0.05, 0.1) is 19.5 Å². The monoisotopic (exact) mass is 234 g/mol. The topological polar surface area (TPSA) is 77.8 Å². The predicted octanol–water partition coefficient (Wildman–Crippen LogP) is 0.268. The number of nitrogens with zero attached hydrogens (tertiary/aromatic N) is 5. The van der Waals surface area contributed by atoms with Gasteiger partial charge in [0.1, 0.15) is 12.2 Å². The molecule has 0 radical (unpaired) electrons. The quantitative estimate of drug-likeness (QED) is 0.800. The molecule has 0 unspecified atom stereocenters. The van der Waals surface area contributed by atoms with Crippen LogP contribution in [0.15, 0.2) is 18.7 Å². The molecule has 0 aliphatic carbocycles. The van der Waals surface area contributed by atoms with E-state index in [2.05, 4.69) is 25.5 Å². The summed E-state index contributed by atoms with van der Waals surface area (Å²) in [5.41, 5.74) is 0. The van der Waals surface area contributed by atoms with Crippen molar-refractivity contribution >= 4 is 5.95 Å². The van der Waals surface area contributed by atoms with Gasteiger partial charge in [0.15, 0.2) is 5.75 Å². The number of nitrogens with one attached hydrogen (secondary N) is 1. The third-order valence-corrected chi connectivity index (χ3v) is 2.30. The molecule has 0 aliphatic heterocycles. The van der Waals surface area contributed by atoms with Gasteiger partial charge < -0.3 is 14.6 Å². The van der Waals surface area contributed by atoms with Crippen molar-refractivity contribution in [2.45, 2.75) is 6.42 Å². The molecule has 0 fully saturated rings. The molecule has 2 heterocycles. The fourth-order valence-electron chi connectivity index (χ4n) is 1.33. The fourth-order valence-corrected chi connectivity index (χ4v) is 1.33. The smallest absolute Gasteiger partial charge is 0.222 e. The minimum atomic E-state index is 0.577. The van der Waals surface area contributed by atoms with E-state index in [9.17, 15) is 0 Å². The minimum Gasteiger partial charge on any atom is -0.494 e. The van der Waals surface area contributed by atoms with E-state index in [1.54, 1.807) is 25.8 Å². The lowest BCUT2D eigenvalue weighted by Crippen LogP contribution is -2.10. The van der Waals surface area contributed by atoms with Crippen LogP contribution >= 0.6 is 0 Å². The molecule has 2 aromatic rings. The van der Waals surface area contributed by atoms with Crippen molar-refractivity contribution in [2.75, 3.05) is 19.0 Å². The molecule has 2 aromatic heterocycles. The van der Waals surface area contributed by atoms with Gasteiger partial charge in [-0.05, 0) is 0 Å². The van der Waals surface area contributed by atoms with Crippen LogP contribution < -0.4 is 10.1 Å². The van der Waals surface area contributed by atoms with Gasteiger partial charge in [-0.15, -0.1) is 10.2 Å². The van der Waals surface area contributed by atoms with Crippen LogP contribution in [0.5, 0.6) is 5.75 Å². The zero-order valence-electron chi connectivity index (χ0n) is 9.79. The van der Waals surface area contributed by atoms with Gasteiger partial charge in [0.2, 0.25) is 5.95 Å². The van der Waals surface area contributed by atoms with Gasteiger partial charge in [-0.1, -0.05) is 0 Å². The van der Waals surface area contributed by atoms with E-state index in [-0.39, 0.29) is 0 Å². The standard InChI is InChI=1S/C10H14N6O/c1-16-7-14-15-9(16)3-4-11-10-12-5-8(17-2)6-13-10/h5-7H,3-4H2,1-2H3,(H,11,12,13). The van der Waals surface area contributed by atoms with Gasteiger partial charge in [-0.3, -0.25) is 0 Å². The second-order valence-electron chi connectivity index (χ2n) is 3.48. The Bertz CT molecular complexity index is 466. The molecule has 2 rings (SSSR count). The first-order valence-electron chi connectivity index (χ1n) is 5.22. The highest BCUT2D eigenvalue weighted by Gasteiger charge is 2.01. The molecular weight excluding hydrogens is 220 g/mol. The van der Waals surface area contributed by atoms with Crippen LogP contribution in [0.4, 0.5) is 5.95 Å². The van der Waals surface area contributed by atoms with Crippen molar-refractivity contribution in [3.63, 3.8) is 0 Å². The Balaban J connectivity index is 1.83. The van der Waals surface area contributed by atoms with E-state index < -0.39 is 0 Å². The lowest BCUT2D eigenvalue weighted by molar-refractivity contribution is 0.411. The Morgan fingerprint density at radius 1 is 1.35 bits per heavy atom. The van der Waals surface area contributed by atoms with E-state index in [1.807, 2.05) is 11.6 Å². The maximum Gasteiger partial charge on any atom is 0.222 e. The summed E-state index contributed by atoms with van der Waals surface area (Å²) in [4.78, 5) is 8.20. The number of aryl methyl sites for hydroxylation is 1. The van der Waals surface area contributed by atoms with E-state index in [1.165, 1.54) is 0 Å². The lowest BCUT2D eigenvalue weighted by atomic mass is 10.4. The molecule has 7 nitrogen and oxygen atoms in total. The molecule has 0 amide bonds. The van der Waals surface area contributed by atoms with E-state index in [0.717, 1.165) is 12.2 Å². The number of ether oxygens (including phenoxy) is 1. The van der Waals surface area contributed by atoms with Crippen LogP contribution in [-0.2, 0) is 13.5 Å². The van der Waals surface area contributed by atoms with Crippen molar-refractivity contribution in [3.05, 3.63) is 24.5 Å². The van der Waals surface area contributed by atoms with Gasteiger partial charge in [-0.25, -0.2) is 9.97 Å². The van der Waals surface area contributed by atoms with E-state index >= 15 is 0 Å². The van der Waals surface area contributed by atoms with E-state index in [0.29, 0.717) is 18.2 Å². The predicted molar refractivity (Wildman–Crippen MR) is 61.8 cm³/mol. The fraction of sp³-hybridized carbons (Fsp3) is 0.400. The molecule has 0 atom stereocenters. The Morgan fingerprint density at radius 2 is 2.12 bits per heavy atom. The average Bonchev–Trinajstić information content (AvgIpc) is 2.76. The highest BCUT2D eigenvalue weighted by atomic mass is 16.5. The average molecular weight is 234 g/mol. The summed E-state index contributed by atoms with van der Waals surface area (Å²) < 4.78 is 6.86.